The van der Waals surface area contributed by atoms with Crippen molar-refractivity contribution in [3.8, 4) is 0 Å². The zero-order chi connectivity index (χ0) is 9.26. The van der Waals surface area contributed by atoms with Crippen LogP contribution in [-0.2, 0) is 4.79 Å². The van der Waals surface area contributed by atoms with Gasteiger partial charge in [-0.1, -0.05) is 29.8 Å². The first-order valence-electron chi connectivity index (χ1n) is 4.60. The van der Waals surface area contributed by atoms with Crippen molar-refractivity contribution in [2.24, 2.45) is 0 Å². The third kappa shape index (κ3) is 1.63. The average Bonchev–Trinajstić information content (AvgIpc) is 2.53. The fourth-order valence-corrected chi connectivity index (χ4v) is 1.66. The number of hydrogen-bond acceptors (Lipinski definition) is 2. The van der Waals surface area contributed by atoms with Crippen molar-refractivity contribution in [3.63, 3.8) is 0 Å². The van der Waals surface area contributed by atoms with Crippen LogP contribution in [0.3, 0.4) is 0 Å². The maximum Gasteiger partial charge on any atom is 0.155 e. The summed E-state index contributed by atoms with van der Waals surface area (Å²) in [7, 11) is 0. The molecule has 2 nitrogen and oxygen atoms in total. The third-order valence-electron chi connectivity index (χ3n) is 2.45. The molecule has 1 aromatic carbocycles. The molecule has 1 atom stereocenters. The molecule has 0 aliphatic carbocycles. The predicted octanol–water partition coefficient (Wildman–Crippen LogP) is 1.60. The summed E-state index contributed by atoms with van der Waals surface area (Å²) in [5, 5.41) is 3.19. The molecule has 0 amide bonds. The zero-order valence-corrected chi connectivity index (χ0v) is 7.71. The van der Waals surface area contributed by atoms with Gasteiger partial charge in [-0.2, -0.15) is 0 Å². The fraction of sp³-hybridized carbons (Fsp3) is 0.364. The number of hydrogen-bond donors (Lipinski definition) is 1. The van der Waals surface area contributed by atoms with Gasteiger partial charge >= 0.3 is 0 Å². The highest BCUT2D eigenvalue weighted by atomic mass is 16.1. The fourth-order valence-electron chi connectivity index (χ4n) is 1.66. The van der Waals surface area contributed by atoms with E-state index in [1.54, 1.807) is 0 Å². The zero-order valence-electron chi connectivity index (χ0n) is 7.71. The Bertz CT molecular complexity index is 315. The van der Waals surface area contributed by atoms with E-state index in [1.807, 2.05) is 31.2 Å². The minimum atomic E-state index is -0.0550. The summed E-state index contributed by atoms with van der Waals surface area (Å²) in [6, 6.07) is 8.08. The Hall–Kier alpha value is -1.15. The lowest BCUT2D eigenvalue weighted by atomic mass is 10.0. The van der Waals surface area contributed by atoms with Crippen LogP contribution in [0.4, 0.5) is 0 Å². The molecule has 1 aliphatic rings. The van der Waals surface area contributed by atoms with Crippen LogP contribution in [0.25, 0.3) is 0 Å². The summed E-state index contributed by atoms with van der Waals surface area (Å²) in [6.07, 6.45) is 0.665. The number of ketones is 1. The van der Waals surface area contributed by atoms with E-state index in [4.69, 9.17) is 0 Å². The smallest absolute Gasteiger partial charge is 0.155 e. The summed E-state index contributed by atoms with van der Waals surface area (Å²) < 4.78 is 0. The Labute approximate surface area is 78.0 Å². The first kappa shape index (κ1) is 8.45. The Morgan fingerprint density at radius 3 is 2.54 bits per heavy atom. The van der Waals surface area contributed by atoms with Crippen LogP contribution in [-0.4, -0.2) is 12.3 Å². The monoisotopic (exact) mass is 175 g/mol. The molecule has 0 aromatic heterocycles. The van der Waals surface area contributed by atoms with Crippen molar-refractivity contribution in [2.45, 2.75) is 19.4 Å². The van der Waals surface area contributed by atoms with E-state index in [0.29, 0.717) is 12.2 Å². The van der Waals surface area contributed by atoms with Crippen molar-refractivity contribution in [1.82, 2.24) is 5.32 Å². The third-order valence-corrected chi connectivity index (χ3v) is 2.45. The van der Waals surface area contributed by atoms with Crippen LogP contribution >= 0.6 is 0 Å². The van der Waals surface area contributed by atoms with E-state index >= 15 is 0 Å². The molecule has 0 bridgehead atoms. The van der Waals surface area contributed by atoms with Crippen LogP contribution in [0.15, 0.2) is 24.3 Å². The molecule has 1 heterocycles. The first-order valence-corrected chi connectivity index (χ1v) is 4.60. The first-order chi connectivity index (χ1) is 6.27. The van der Waals surface area contributed by atoms with E-state index in [1.165, 1.54) is 5.56 Å². The summed E-state index contributed by atoms with van der Waals surface area (Å²) in [4.78, 5) is 11.4. The Kier molecular flexibility index (Phi) is 2.15. The molecular weight excluding hydrogens is 162 g/mol. The summed E-state index contributed by atoms with van der Waals surface area (Å²) in [5.74, 6) is 0.309. The lowest BCUT2D eigenvalue weighted by Crippen LogP contribution is -2.17. The standard InChI is InChI=1S/C11H13NO/c1-8-2-4-9(5-3-8)11-10(13)6-7-12-11/h2-5,11-12H,6-7H2,1H3. The average molecular weight is 175 g/mol. The van der Waals surface area contributed by atoms with Gasteiger partial charge in [0.25, 0.3) is 0 Å². The highest BCUT2D eigenvalue weighted by molar-refractivity contribution is 5.87. The van der Waals surface area contributed by atoms with Crippen LogP contribution in [0.2, 0.25) is 0 Å². The molecule has 1 fully saturated rings. The van der Waals surface area contributed by atoms with Crippen molar-refractivity contribution in [2.75, 3.05) is 6.54 Å². The Balaban J connectivity index is 2.25. The number of carbonyl (C=O) groups excluding carboxylic acids is 1. The molecule has 1 N–H and O–H groups in total. The molecule has 1 saturated heterocycles. The number of rotatable bonds is 1. The SMILES string of the molecule is Cc1ccc(C2NCCC2=O)cc1. The second kappa shape index (κ2) is 3.30. The Morgan fingerprint density at radius 2 is 2.00 bits per heavy atom. The van der Waals surface area contributed by atoms with E-state index in [0.717, 1.165) is 12.1 Å². The van der Waals surface area contributed by atoms with Gasteiger partial charge in [-0.25, -0.2) is 0 Å². The molecule has 1 aliphatic heterocycles. The van der Waals surface area contributed by atoms with Crippen LogP contribution in [0.1, 0.15) is 23.6 Å². The summed E-state index contributed by atoms with van der Waals surface area (Å²) in [5.41, 5.74) is 2.32. The van der Waals surface area contributed by atoms with Gasteiger partial charge in [-0.15, -0.1) is 0 Å². The highest BCUT2D eigenvalue weighted by Crippen LogP contribution is 2.19. The number of aryl methyl sites for hydroxylation is 1. The van der Waals surface area contributed by atoms with Crippen LogP contribution in [0.5, 0.6) is 0 Å². The Morgan fingerprint density at radius 1 is 1.31 bits per heavy atom. The van der Waals surface area contributed by atoms with E-state index in [-0.39, 0.29) is 6.04 Å². The van der Waals surface area contributed by atoms with Crippen LogP contribution < -0.4 is 5.32 Å². The van der Waals surface area contributed by atoms with E-state index < -0.39 is 0 Å². The quantitative estimate of drug-likeness (QED) is 0.702. The normalized spacial score (nSPS) is 22.2. The number of carbonyl (C=O) groups is 1. The lowest BCUT2D eigenvalue weighted by Gasteiger charge is -2.08. The van der Waals surface area contributed by atoms with Gasteiger partial charge in [0, 0.05) is 13.0 Å². The highest BCUT2D eigenvalue weighted by Gasteiger charge is 2.24. The van der Waals surface area contributed by atoms with Crippen molar-refractivity contribution in [1.29, 1.82) is 0 Å². The van der Waals surface area contributed by atoms with Gasteiger partial charge < -0.3 is 5.32 Å². The van der Waals surface area contributed by atoms with Gasteiger partial charge in [0.2, 0.25) is 0 Å². The van der Waals surface area contributed by atoms with Crippen molar-refractivity contribution >= 4 is 5.78 Å². The lowest BCUT2D eigenvalue weighted by molar-refractivity contribution is -0.118. The van der Waals surface area contributed by atoms with Crippen molar-refractivity contribution < 1.29 is 4.79 Å². The molecule has 0 radical (unpaired) electrons. The topological polar surface area (TPSA) is 29.1 Å². The van der Waals surface area contributed by atoms with Gasteiger partial charge in [-0.3, -0.25) is 4.79 Å². The molecular formula is C11H13NO. The number of benzene rings is 1. The maximum atomic E-state index is 11.4. The van der Waals surface area contributed by atoms with Gasteiger partial charge in [0.15, 0.2) is 5.78 Å². The second-order valence-electron chi connectivity index (χ2n) is 3.51. The van der Waals surface area contributed by atoms with Gasteiger partial charge in [0.1, 0.15) is 0 Å². The molecule has 1 aromatic rings. The molecule has 0 saturated carbocycles. The molecule has 2 heteroatoms. The minimum Gasteiger partial charge on any atom is -0.303 e. The van der Waals surface area contributed by atoms with E-state index in [9.17, 15) is 4.79 Å². The molecule has 1 unspecified atom stereocenters. The van der Waals surface area contributed by atoms with E-state index in [2.05, 4.69) is 5.32 Å². The van der Waals surface area contributed by atoms with Crippen LogP contribution in [0, 0.1) is 6.92 Å². The second-order valence-corrected chi connectivity index (χ2v) is 3.51. The summed E-state index contributed by atoms with van der Waals surface area (Å²) >= 11 is 0. The molecule has 0 spiro atoms. The largest absolute Gasteiger partial charge is 0.303 e. The maximum absolute atomic E-state index is 11.4. The molecule has 2 rings (SSSR count). The predicted molar refractivity (Wildman–Crippen MR) is 51.5 cm³/mol. The van der Waals surface area contributed by atoms with Gasteiger partial charge in [0.05, 0.1) is 6.04 Å². The van der Waals surface area contributed by atoms with Gasteiger partial charge in [-0.05, 0) is 12.5 Å². The molecule has 13 heavy (non-hydrogen) atoms. The molecule has 68 valence electrons. The van der Waals surface area contributed by atoms with Crippen molar-refractivity contribution in [3.05, 3.63) is 35.4 Å². The number of Topliss-reactive ketones (excluding diaryl/α,β-unsaturated/α-hetero) is 1. The minimum absolute atomic E-state index is 0.0550. The summed E-state index contributed by atoms with van der Waals surface area (Å²) in [6.45, 7) is 2.87. The number of nitrogens with one attached hydrogen (secondary N) is 1.